The number of likely N-dealkylation sites (tertiary alicyclic amines) is 1. The molecule has 0 spiro atoms. The van der Waals surface area contributed by atoms with Crippen LogP contribution in [0.15, 0.2) is 27.3 Å². The molecule has 114 valence electrons. The van der Waals surface area contributed by atoms with Crippen molar-refractivity contribution in [1.82, 2.24) is 15.0 Å². The van der Waals surface area contributed by atoms with Crippen molar-refractivity contribution in [3.8, 4) is 11.6 Å². The van der Waals surface area contributed by atoms with Crippen LogP contribution < -0.4 is 5.73 Å². The number of rotatable bonds is 5. The number of nitrogens with zero attached hydrogens (tertiary/aromatic N) is 3. The summed E-state index contributed by atoms with van der Waals surface area (Å²) < 4.78 is 10.6. The lowest BCUT2D eigenvalue weighted by Gasteiger charge is -2.37. The highest BCUT2D eigenvalue weighted by Crippen LogP contribution is 2.26. The van der Waals surface area contributed by atoms with Crippen LogP contribution in [0, 0.1) is 5.92 Å². The summed E-state index contributed by atoms with van der Waals surface area (Å²) in [5.74, 6) is 2.54. The van der Waals surface area contributed by atoms with Crippen LogP contribution >= 0.6 is 0 Å². The first-order chi connectivity index (χ1) is 10.3. The highest BCUT2D eigenvalue weighted by molar-refractivity contribution is 5.44. The molecule has 0 bridgehead atoms. The summed E-state index contributed by atoms with van der Waals surface area (Å²) in [4.78, 5) is 6.75. The van der Waals surface area contributed by atoms with Crippen molar-refractivity contribution in [3.63, 3.8) is 0 Å². The molecule has 1 aliphatic rings. The summed E-state index contributed by atoms with van der Waals surface area (Å²) in [6, 6.07) is 4.04. The molecule has 1 aliphatic heterocycles. The summed E-state index contributed by atoms with van der Waals surface area (Å²) in [5, 5.41) is 3.97. The van der Waals surface area contributed by atoms with Gasteiger partial charge in [0.15, 0.2) is 5.76 Å². The van der Waals surface area contributed by atoms with Crippen molar-refractivity contribution in [2.45, 2.75) is 38.8 Å². The van der Waals surface area contributed by atoms with E-state index >= 15 is 0 Å². The van der Waals surface area contributed by atoms with Gasteiger partial charge in [-0.05, 0) is 37.4 Å². The number of furan rings is 1. The Kier molecular flexibility index (Phi) is 4.36. The van der Waals surface area contributed by atoms with E-state index in [0.29, 0.717) is 36.6 Å². The van der Waals surface area contributed by atoms with E-state index in [2.05, 4.69) is 22.0 Å². The van der Waals surface area contributed by atoms with Gasteiger partial charge in [0.25, 0.3) is 0 Å². The first-order valence-corrected chi connectivity index (χ1v) is 7.60. The normalized spacial score (nSPS) is 23.5. The molecule has 1 saturated heterocycles. The van der Waals surface area contributed by atoms with Crippen molar-refractivity contribution in [1.29, 1.82) is 0 Å². The van der Waals surface area contributed by atoms with Gasteiger partial charge in [0.05, 0.1) is 12.8 Å². The molecule has 2 N–H and O–H groups in total. The Morgan fingerprint density at radius 2 is 2.38 bits per heavy atom. The maximum absolute atomic E-state index is 5.92. The van der Waals surface area contributed by atoms with E-state index < -0.39 is 0 Å². The zero-order valence-corrected chi connectivity index (χ0v) is 12.4. The molecule has 2 aromatic rings. The molecular formula is C15H22N4O2. The molecule has 6 nitrogen and oxygen atoms in total. The summed E-state index contributed by atoms with van der Waals surface area (Å²) in [7, 11) is 0. The first kappa shape index (κ1) is 14.3. The van der Waals surface area contributed by atoms with Crippen LogP contribution in [0.4, 0.5) is 0 Å². The minimum Gasteiger partial charge on any atom is -0.461 e. The third kappa shape index (κ3) is 3.16. The average molecular weight is 290 g/mol. The predicted molar refractivity (Wildman–Crippen MR) is 78.3 cm³/mol. The Hall–Kier alpha value is -1.66. The quantitative estimate of drug-likeness (QED) is 0.909. The molecule has 0 radical (unpaired) electrons. The smallest absolute Gasteiger partial charge is 0.241 e. The number of nitrogens with two attached hydrogens (primary N) is 1. The molecule has 2 aromatic heterocycles. The van der Waals surface area contributed by atoms with Crippen LogP contribution in [0.1, 0.15) is 32.1 Å². The summed E-state index contributed by atoms with van der Waals surface area (Å²) >= 11 is 0. The van der Waals surface area contributed by atoms with Gasteiger partial charge in [0.2, 0.25) is 11.7 Å². The fraction of sp³-hybridized carbons (Fsp3) is 0.600. The Labute approximate surface area is 124 Å². The maximum atomic E-state index is 5.92. The minimum absolute atomic E-state index is 0.405. The van der Waals surface area contributed by atoms with Crippen LogP contribution in [-0.4, -0.2) is 34.2 Å². The van der Waals surface area contributed by atoms with Crippen LogP contribution in [0.2, 0.25) is 0 Å². The highest BCUT2D eigenvalue weighted by Gasteiger charge is 2.28. The second kappa shape index (κ2) is 6.41. The van der Waals surface area contributed by atoms with E-state index in [9.17, 15) is 0 Å². The van der Waals surface area contributed by atoms with Gasteiger partial charge in [0, 0.05) is 12.6 Å². The molecular weight excluding hydrogens is 268 g/mol. The van der Waals surface area contributed by atoms with Crippen molar-refractivity contribution < 1.29 is 8.94 Å². The van der Waals surface area contributed by atoms with Gasteiger partial charge < -0.3 is 14.7 Å². The van der Waals surface area contributed by atoms with Crippen molar-refractivity contribution in [2.24, 2.45) is 11.7 Å². The molecule has 2 unspecified atom stereocenters. The molecule has 21 heavy (non-hydrogen) atoms. The lowest BCUT2D eigenvalue weighted by atomic mass is 9.89. The molecule has 1 fully saturated rings. The number of aromatic nitrogens is 2. The lowest BCUT2D eigenvalue weighted by Crippen LogP contribution is -2.46. The molecule has 3 rings (SSSR count). The highest BCUT2D eigenvalue weighted by atomic mass is 16.5. The van der Waals surface area contributed by atoms with E-state index in [1.165, 1.54) is 12.8 Å². The minimum atomic E-state index is 0.405. The zero-order valence-electron chi connectivity index (χ0n) is 12.4. The molecule has 0 saturated carbocycles. The Morgan fingerprint density at radius 1 is 1.48 bits per heavy atom. The van der Waals surface area contributed by atoms with E-state index in [-0.39, 0.29) is 0 Å². The topological polar surface area (TPSA) is 81.3 Å². The van der Waals surface area contributed by atoms with E-state index in [1.807, 2.05) is 12.1 Å². The van der Waals surface area contributed by atoms with E-state index in [4.69, 9.17) is 14.7 Å². The van der Waals surface area contributed by atoms with Crippen molar-refractivity contribution in [3.05, 3.63) is 24.3 Å². The van der Waals surface area contributed by atoms with Crippen molar-refractivity contribution >= 4 is 0 Å². The number of hydrogen-bond donors (Lipinski definition) is 1. The van der Waals surface area contributed by atoms with E-state index in [0.717, 1.165) is 18.9 Å². The fourth-order valence-electron chi connectivity index (χ4n) is 3.01. The van der Waals surface area contributed by atoms with Crippen LogP contribution in [0.3, 0.4) is 0 Å². The van der Waals surface area contributed by atoms with Crippen LogP contribution in [0.5, 0.6) is 0 Å². The summed E-state index contributed by atoms with van der Waals surface area (Å²) in [6.07, 6.45) is 5.21. The van der Waals surface area contributed by atoms with Crippen molar-refractivity contribution in [2.75, 3.05) is 13.1 Å². The Balaban J connectivity index is 1.66. The van der Waals surface area contributed by atoms with Gasteiger partial charge >= 0.3 is 0 Å². The van der Waals surface area contributed by atoms with Gasteiger partial charge in [-0.25, -0.2) is 0 Å². The third-order valence-corrected chi connectivity index (χ3v) is 4.34. The monoisotopic (exact) mass is 290 g/mol. The predicted octanol–water partition coefficient (Wildman–Crippen LogP) is 2.28. The number of hydrogen-bond acceptors (Lipinski definition) is 6. The summed E-state index contributed by atoms with van der Waals surface area (Å²) in [5.41, 5.74) is 5.92. The van der Waals surface area contributed by atoms with Crippen LogP contribution in [-0.2, 0) is 6.54 Å². The van der Waals surface area contributed by atoms with Gasteiger partial charge in [-0.15, -0.1) is 0 Å². The standard InChI is InChI=1S/C15H22N4O2/c1-2-11-5-6-19(12(8-11)9-16)10-14-17-15(18-21-14)13-4-3-7-20-13/h3-4,7,11-12H,2,5-6,8-10,16H2,1H3. The summed E-state index contributed by atoms with van der Waals surface area (Å²) in [6.45, 7) is 4.63. The SMILES string of the molecule is CCC1CCN(Cc2nc(-c3ccco3)no2)C(CN)C1. The van der Waals surface area contributed by atoms with E-state index in [1.54, 1.807) is 6.26 Å². The fourth-order valence-corrected chi connectivity index (χ4v) is 3.01. The average Bonchev–Trinajstić information content (AvgIpc) is 3.18. The molecule has 0 aromatic carbocycles. The molecule has 0 amide bonds. The zero-order chi connectivity index (χ0) is 14.7. The van der Waals surface area contributed by atoms with Gasteiger partial charge in [-0.3, -0.25) is 4.90 Å². The second-order valence-electron chi connectivity index (χ2n) is 5.65. The number of piperidine rings is 1. The molecule has 3 heterocycles. The molecule has 0 aliphatic carbocycles. The molecule has 6 heteroatoms. The first-order valence-electron chi connectivity index (χ1n) is 7.60. The maximum Gasteiger partial charge on any atom is 0.241 e. The second-order valence-corrected chi connectivity index (χ2v) is 5.65. The van der Waals surface area contributed by atoms with Gasteiger partial charge in [-0.2, -0.15) is 4.98 Å². The largest absolute Gasteiger partial charge is 0.461 e. The Bertz CT molecular complexity index is 552. The van der Waals surface area contributed by atoms with Gasteiger partial charge in [-0.1, -0.05) is 18.5 Å². The van der Waals surface area contributed by atoms with Gasteiger partial charge in [0.1, 0.15) is 0 Å². The Morgan fingerprint density at radius 3 is 3.10 bits per heavy atom. The third-order valence-electron chi connectivity index (χ3n) is 4.34. The lowest BCUT2D eigenvalue weighted by molar-refractivity contribution is 0.0953. The van der Waals surface area contributed by atoms with Crippen LogP contribution in [0.25, 0.3) is 11.6 Å². The molecule has 2 atom stereocenters.